The number of esters is 4. The van der Waals surface area contributed by atoms with Crippen LogP contribution < -0.4 is 0 Å². The van der Waals surface area contributed by atoms with Gasteiger partial charge in [-0.3, -0.25) is 37.3 Å². The number of phosphoric ester groups is 2. The molecule has 0 aromatic rings. The van der Waals surface area contributed by atoms with Crippen molar-refractivity contribution in [2.45, 2.75) is 439 Å². The number of carbonyl (C=O) groups excluding carboxylic acids is 4. The smallest absolute Gasteiger partial charge is 0.462 e. The van der Waals surface area contributed by atoms with E-state index in [0.717, 1.165) is 120 Å². The monoisotopic (exact) mass is 1470 g/mol. The minimum Gasteiger partial charge on any atom is -0.462 e. The summed E-state index contributed by atoms with van der Waals surface area (Å²) in [6.07, 6.45) is 59.8. The Balaban J connectivity index is 5.17. The van der Waals surface area contributed by atoms with Gasteiger partial charge in [-0.25, -0.2) is 9.13 Å². The van der Waals surface area contributed by atoms with E-state index >= 15 is 0 Å². The number of hydrogen-bond donors (Lipinski definition) is 3. The molecular formula is C81H158O17P2. The summed E-state index contributed by atoms with van der Waals surface area (Å²) in [5.41, 5.74) is 0. The lowest BCUT2D eigenvalue weighted by molar-refractivity contribution is -0.161. The third-order valence-electron chi connectivity index (χ3n) is 19.6. The Morgan fingerprint density at radius 2 is 0.510 bits per heavy atom. The molecular weight excluding hydrogens is 1310 g/mol. The number of aliphatic hydroxyl groups excluding tert-OH is 1. The van der Waals surface area contributed by atoms with Gasteiger partial charge in [-0.1, -0.05) is 370 Å². The second-order valence-electron chi connectivity index (χ2n) is 30.1. The Morgan fingerprint density at radius 1 is 0.290 bits per heavy atom. The average molecular weight is 1470 g/mol. The number of phosphoric acid groups is 2. The fourth-order valence-corrected chi connectivity index (χ4v) is 14.0. The van der Waals surface area contributed by atoms with Gasteiger partial charge in [-0.05, 0) is 43.4 Å². The van der Waals surface area contributed by atoms with Crippen LogP contribution in [0, 0.1) is 17.8 Å². The minimum absolute atomic E-state index is 0.106. The summed E-state index contributed by atoms with van der Waals surface area (Å²) in [6.45, 7) is 12.0. The predicted octanol–water partition coefficient (Wildman–Crippen LogP) is 24.1. The second kappa shape index (κ2) is 71.3. The van der Waals surface area contributed by atoms with Crippen LogP contribution in [0.15, 0.2) is 0 Å². The molecule has 0 saturated carbocycles. The van der Waals surface area contributed by atoms with Crippen molar-refractivity contribution in [3.63, 3.8) is 0 Å². The van der Waals surface area contributed by atoms with Crippen molar-refractivity contribution in [3.05, 3.63) is 0 Å². The highest BCUT2D eigenvalue weighted by molar-refractivity contribution is 7.47. The largest absolute Gasteiger partial charge is 0.472 e. The Labute approximate surface area is 613 Å². The topological polar surface area (TPSA) is 237 Å². The van der Waals surface area contributed by atoms with Crippen LogP contribution in [0.1, 0.15) is 421 Å². The van der Waals surface area contributed by atoms with Crippen molar-refractivity contribution in [3.8, 4) is 0 Å². The summed E-state index contributed by atoms with van der Waals surface area (Å²) in [5, 5.41) is 10.6. The van der Waals surface area contributed by atoms with Gasteiger partial charge in [0.25, 0.3) is 0 Å². The average Bonchev–Trinajstić information content (AvgIpc) is 0.929. The van der Waals surface area contributed by atoms with E-state index in [0.29, 0.717) is 25.7 Å². The summed E-state index contributed by atoms with van der Waals surface area (Å²) < 4.78 is 68.6. The van der Waals surface area contributed by atoms with E-state index in [1.54, 1.807) is 0 Å². The van der Waals surface area contributed by atoms with E-state index in [-0.39, 0.29) is 25.7 Å². The zero-order valence-corrected chi connectivity index (χ0v) is 67.5. The van der Waals surface area contributed by atoms with Gasteiger partial charge >= 0.3 is 39.5 Å². The molecule has 594 valence electrons. The lowest BCUT2D eigenvalue weighted by Gasteiger charge is -2.21. The van der Waals surface area contributed by atoms with Gasteiger partial charge in [0.05, 0.1) is 26.4 Å². The number of hydrogen-bond acceptors (Lipinski definition) is 15. The highest BCUT2D eigenvalue weighted by Crippen LogP contribution is 2.45. The molecule has 0 aliphatic carbocycles. The Hall–Kier alpha value is -1.94. The maximum Gasteiger partial charge on any atom is 0.472 e. The van der Waals surface area contributed by atoms with Crippen LogP contribution in [0.4, 0.5) is 0 Å². The van der Waals surface area contributed by atoms with Crippen LogP contribution in [0.3, 0.4) is 0 Å². The molecule has 0 amide bonds. The maximum absolute atomic E-state index is 13.1. The normalized spacial score (nSPS) is 14.5. The van der Waals surface area contributed by atoms with E-state index in [4.69, 9.17) is 37.0 Å². The van der Waals surface area contributed by atoms with Gasteiger partial charge in [0, 0.05) is 25.7 Å². The van der Waals surface area contributed by atoms with Crippen LogP contribution in [0.5, 0.6) is 0 Å². The molecule has 0 radical (unpaired) electrons. The predicted molar refractivity (Wildman–Crippen MR) is 409 cm³/mol. The first kappa shape index (κ1) is 98.1. The first-order valence-corrected chi connectivity index (χ1v) is 44.9. The van der Waals surface area contributed by atoms with E-state index in [1.807, 2.05) is 0 Å². The summed E-state index contributed by atoms with van der Waals surface area (Å²) in [5.74, 6) is 0.357. The lowest BCUT2D eigenvalue weighted by atomic mass is 9.99. The SMILES string of the molecule is CCCCCCCCCC(=O)OC[C@H](COP(=O)(O)OC[C@H](O)COP(=O)(O)OC[C@@H](COC(=O)CCCCCCCCCCCCCCCCC(C)C)OC(=O)CCCCCCCCCCCCCCCCCCCCC(C)CC)OC(=O)CCCCCCCCCCCCC(C)CC. The maximum atomic E-state index is 13.1. The molecule has 0 fully saturated rings. The summed E-state index contributed by atoms with van der Waals surface area (Å²) >= 11 is 0. The molecule has 0 aromatic carbocycles. The number of unbranched alkanes of at least 4 members (excludes halogenated alkanes) is 45. The molecule has 0 aliphatic rings. The molecule has 0 rings (SSSR count). The van der Waals surface area contributed by atoms with Crippen LogP contribution in [-0.2, 0) is 65.4 Å². The van der Waals surface area contributed by atoms with Crippen molar-refractivity contribution in [2.24, 2.45) is 17.8 Å². The number of rotatable bonds is 79. The molecule has 0 spiro atoms. The quantitative estimate of drug-likeness (QED) is 0.0222. The van der Waals surface area contributed by atoms with E-state index < -0.39 is 97.5 Å². The molecule has 3 N–H and O–H groups in total. The molecule has 0 bridgehead atoms. The van der Waals surface area contributed by atoms with Gasteiger partial charge in [-0.2, -0.15) is 0 Å². The van der Waals surface area contributed by atoms with Gasteiger partial charge in [0.1, 0.15) is 19.3 Å². The first-order valence-electron chi connectivity index (χ1n) is 41.9. The molecule has 0 saturated heterocycles. The van der Waals surface area contributed by atoms with Gasteiger partial charge in [0.2, 0.25) is 0 Å². The van der Waals surface area contributed by atoms with Gasteiger partial charge in [0.15, 0.2) is 12.2 Å². The summed E-state index contributed by atoms with van der Waals surface area (Å²) in [6, 6.07) is 0. The van der Waals surface area contributed by atoms with Gasteiger partial charge < -0.3 is 33.8 Å². The number of carbonyl (C=O) groups is 4. The fraction of sp³-hybridized carbons (Fsp3) is 0.951. The van der Waals surface area contributed by atoms with E-state index in [1.165, 1.54) is 218 Å². The molecule has 0 aromatic heterocycles. The molecule has 0 aliphatic heterocycles. The third kappa shape index (κ3) is 71.7. The molecule has 0 heterocycles. The molecule has 17 nitrogen and oxygen atoms in total. The minimum atomic E-state index is -4.96. The highest BCUT2D eigenvalue weighted by Gasteiger charge is 2.30. The Morgan fingerprint density at radius 3 is 0.760 bits per heavy atom. The Bertz CT molecular complexity index is 1940. The molecule has 4 unspecified atom stereocenters. The van der Waals surface area contributed by atoms with E-state index in [2.05, 4.69) is 48.5 Å². The molecule has 7 atom stereocenters. The first-order chi connectivity index (χ1) is 48.3. The van der Waals surface area contributed by atoms with Crippen molar-refractivity contribution in [1.82, 2.24) is 0 Å². The van der Waals surface area contributed by atoms with Crippen LogP contribution >= 0.6 is 15.6 Å². The van der Waals surface area contributed by atoms with E-state index in [9.17, 15) is 43.2 Å². The zero-order chi connectivity index (χ0) is 73.7. The molecule has 19 heteroatoms. The van der Waals surface area contributed by atoms with Crippen molar-refractivity contribution in [1.29, 1.82) is 0 Å². The fourth-order valence-electron chi connectivity index (χ4n) is 12.4. The van der Waals surface area contributed by atoms with Crippen molar-refractivity contribution < 1.29 is 80.2 Å². The highest BCUT2D eigenvalue weighted by atomic mass is 31.2. The van der Waals surface area contributed by atoms with Crippen LogP contribution in [-0.4, -0.2) is 96.7 Å². The van der Waals surface area contributed by atoms with Crippen molar-refractivity contribution >= 4 is 39.5 Å². The number of aliphatic hydroxyl groups is 1. The van der Waals surface area contributed by atoms with Crippen molar-refractivity contribution in [2.75, 3.05) is 39.6 Å². The van der Waals surface area contributed by atoms with Crippen LogP contribution in [0.25, 0.3) is 0 Å². The molecule has 100 heavy (non-hydrogen) atoms. The zero-order valence-electron chi connectivity index (χ0n) is 65.7. The lowest BCUT2D eigenvalue weighted by Crippen LogP contribution is -2.30. The summed E-state index contributed by atoms with van der Waals surface area (Å²) in [4.78, 5) is 72.9. The van der Waals surface area contributed by atoms with Gasteiger partial charge in [-0.15, -0.1) is 0 Å². The second-order valence-corrected chi connectivity index (χ2v) is 33.0. The summed E-state index contributed by atoms with van der Waals surface area (Å²) in [7, 11) is -9.91. The van der Waals surface area contributed by atoms with Crippen LogP contribution in [0.2, 0.25) is 0 Å². The number of ether oxygens (including phenoxy) is 4. The Kier molecular flexibility index (Phi) is 69.9. The third-order valence-corrected chi connectivity index (χ3v) is 21.5. The standard InChI is InChI=1S/C81H158O17P2/c1-8-11-12-13-38-48-55-62-78(83)91-68-76(97-81(86)65-58-51-44-37-31-30-34-41-47-54-61-74(7)10-3)70-95-99(87,88)93-66-75(82)67-94-100(89,90)96-71-77(69-92-79(84)63-56-49-42-35-28-24-21-20-22-26-32-39-45-52-59-72(4)5)98-80(85)64-57-50-43-36-29-25-19-17-15-14-16-18-23-27-33-40-46-53-60-73(6)9-2/h72-77,82H,8-71H2,1-7H3,(H,87,88)(H,89,90)/t73?,74?,75-,76+,77+/m0/s1.